The lowest BCUT2D eigenvalue weighted by atomic mass is 10.1. The highest BCUT2D eigenvalue weighted by Gasteiger charge is 2.57. The summed E-state index contributed by atoms with van der Waals surface area (Å²) in [7, 11) is -1.86. The molecule has 9 heteroatoms. The van der Waals surface area contributed by atoms with E-state index in [2.05, 4.69) is 29.7 Å². The van der Waals surface area contributed by atoms with Gasteiger partial charge in [-0.25, -0.2) is 0 Å². The standard InChI is InChI=1S/C14H27N3O5Si/c1-7-18-11-10(9(8-16-17-15)22-23(4,5)6)19-13-12(11)20-14(2,3)21-13/h9-13H,7-8H2,1-6H3/t9-,10-,11+,12-,13-/m1/s1. The van der Waals surface area contributed by atoms with E-state index in [1.165, 1.54) is 0 Å². The van der Waals surface area contributed by atoms with E-state index in [-0.39, 0.29) is 24.9 Å². The largest absolute Gasteiger partial charge is 0.412 e. The van der Waals surface area contributed by atoms with Gasteiger partial charge in [-0.2, -0.15) is 0 Å². The Morgan fingerprint density at radius 3 is 2.57 bits per heavy atom. The number of rotatable bonds is 7. The van der Waals surface area contributed by atoms with Crippen molar-refractivity contribution in [1.29, 1.82) is 0 Å². The number of ether oxygens (including phenoxy) is 4. The van der Waals surface area contributed by atoms with Crippen molar-refractivity contribution in [3.05, 3.63) is 10.4 Å². The number of hydrogen-bond acceptors (Lipinski definition) is 6. The summed E-state index contributed by atoms with van der Waals surface area (Å²) in [5.74, 6) is -0.699. The molecule has 23 heavy (non-hydrogen) atoms. The van der Waals surface area contributed by atoms with E-state index in [0.717, 1.165) is 0 Å². The molecule has 2 fully saturated rings. The van der Waals surface area contributed by atoms with Crippen molar-refractivity contribution in [3.8, 4) is 0 Å². The van der Waals surface area contributed by atoms with Crippen LogP contribution in [0.1, 0.15) is 20.8 Å². The van der Waals surface area contributed by atoms with Crippen LogP contribution in [0.2, 0.25) is 19.6 Å². The second-order valence-electron chi connectivity index (χ2n) is 7.17. The highest BCUT2D eigenvalue weighted by atomic mass is 28.4. The van der Waals surface area contributed by atoms with Gasteiger partial charge in [0.15, 0.2) is 20.4 Å². The zero-order valence-electron chi connectivity index (χ0n) is 14.7. The third-order valence-electron chi connectivity index (χ3n) is 3.58. The summed E-state index contributed by atoms with van der Waals surface area (Å²) in [4.78, 5) is 2.84. The van der Waals surface area contributed by atoms with Crippen molar-refractivity contribution < 1.29 is 23.4 Å². The zero-order valence-corrected chi connectivity index (χ0v) is 15.7. The quantitative estimate of drug-likeness (QED) is 0.306. The zero-order chi connectivity index (χ0) is 17.3. The van der Waals surface area contributed by atoms with Gasteiger partial charge in [-0.3, -0.25) is 0 Å². The third-order valence-corrected chi connectivity index (χ3v) is 4.59. The first-order valence-corrected chi connectivity index (χ1v) is 11.4. The minimum absolute atomic E-state index is 0.192. The molecule has 2 heterocycles. The van der Waals surface area contributed by atoms with E-state index in [0.29, 0.717) is 6.61 Å². The van der Waals surface area contributed by atoms with Crippen LogP contribution in [-0.4, -0.2) is 58.0 Å². The molecule has 8 nitrogen and oxygen atoms in total. The molecular weight excluding hydrogens is 318 g/mol. The maximum absolute atomic E-state index is 8.65. The van der Waals surface area contributed by atoms with Gasteiger partial charge in [-0.05, 0) is 45.9 Å². The Hall–Kier alpha value is -0.673. The molecule has 0 aromatic carbocycles. The van der Waals surface area contributed by atoms with Gasteiger partial charge in [0.2, 0.25) is 0 Å². The second kappa shape index (κ2) is 7.06. The van der Waals surface area contributed by atoms with E-state index in [1.807, 2.05) is 20.8 Å². The molecule has 0 aromatic heterocycles. The van der Waals surface area contributed by atoms with E-state index in [4.69, 9.17) is 28.9 Å². The van der Waals surface area contributed by atoms with Gasteiger partial charge in [-0.1, -0.05) is 5.11 Å². The summed E-state index contributed by atoms with van der Waals surface area (Å²) in [5, 5.41) is 3.68. The minimum Gasteiger partial charge on any atom is -0.412 e. The van der Waals surface area contributed by atoms with Gasteiger partial charge >= 0.3 is 0 Å². The van der Waals surface area contributed by atoms with E-state index in [9.17, 15) is 0 Å². The molecule has 0 radical (unpaired) electrons. The monoisotopic (exact) mass is 345 g/mol. The molecule has 0 unspecified atom stereocenters. The van der Waals surface area contributed by atoms with Gasteiger partial charge in [-0.15, -0.1) is 0 Å². The number of nitrogens with zero attached hydrogens (tertiary/aromatic N) is 3. The van der Waals surface area contributed by atoms with Crippen molar-refractivity contribution in [3.63, 3.8) is 0 Å². The van der Waals surface area contributed by atoms with Crippen molar-refractivity contribution in [2.75, 3.05) is 13.2 Å². The van der Waals surface area contributed by atoms with Gasteiger partial charge < -0.3 is 23.4 Å². The normalized spacial score (nSPS) is 34.0. The topological polar surface area (TPSA) is 94.9 Å². The molecule has 0 aromatic rings. The fourth-order valence-electron chi connectivity index (χ4n) is 2.96. The summed E-state index contributed by atoms with van der Waals surface area (Å²) in [6, 6.07) is 0. The van der Waals surface area contributed by atoms with Crippen LogP contribution in [0.15, 0.2) is 5.11 Å². The molecule has 0 N–H and O–H groups in total. The molecule has 0 spiro atoms. The fourth-order valence-corrected chi connectivity index (χ4v) is 4.08. The Labute approximate surface area is 138 Å². The van der Waals surface area contributed by atoms with Crippen LogP contribution in [0.25, 0.3) is 10.4 Å². The predicted octanol–water partition coefficient (Wildman–Crippen LogP) is 2.80. The molecule has 2 aliphatic heterocycles. The van der Waals surface area contributed by atoms with Crippen LogP contribution < -0.4 is 0 Å². The number of azide groups is 1. The van der Waals surface area contributed by atoms with Crippen LogP contribution in [0.3, 0.4) is 0 Å². The molecule has 2 rings (SSSR count). The van der Waals surface area contributed by atoms with E-state index >= 15 is 0 Å². The van der Waals surface area contributed by atoms with Crippen LogP contribution in [-0.2, 0) is 23.4 Å². The highest BCUT2D eigenvalue weighted by Crippen LogP contribution is 2.40. The summed E-state index contributed by atoms with van der Waals surface area (Å²) in [6.45, 7) is 12.6. The summed E-state index contributed by atoms with van der Waals surface area (Å²) >= 11 is 0. The maximum Gasteiger partial charge on any atom is 0.190 e. The molecule has 0 bridgehead atoms. The molecular formula is C14H27N3O5Si. The van der Waals surface area contributed by atoms with E-state index in [1.54, 1.807) is 0 Å². The first-order valence-electron chi connectivity index (χ1n) is 7.98. The third kappa shape index (κ3) is 4.66. The average Bonchev–Trinajstić information content (AvgIpc) is 2.87. The van der Waals surface area contributed by atoms with Crippen LogP contribution in [0, 0.1) is 0 Å². The average molecular weight is 345 g/mol. The smallest absolute Gasteiger partial charge is 0.190 e. The second-order valence-corrected chi connectivity index (χ2v) is 11.6. The Bertz CT molecular complexity index is 464. The summed E-state index contributed by atoms with van der Waals surface area (Å²) < 4.78 is 29.8. The SMILES string of the molecule is CCO[C@@H]1[C@H]2OC(C)(C)O[C@H]2O[C@@H]1[C@@H](CN=[N+]=[N-])O[Si](C)(C)C. The van der Waals surface area contributed by atoms with Gasteiger partial charge in [0.05, 0.1) is 12.6 Å². The molecule has 0 aliphatic carbocycles. The van der Waals surface area contributed by atoms with Crippen molar-refractivity contribution in [2.45, 2.75) is 76.9 Å². The molecule has 0 saturated carbocycles. The lowest BCUT2D eigenvalue weighted by Gasteiger charge is -2.33. The van der Waals surface area contributed by atoms with Crippen molar-refractivity contribution >= 4 is 8.32 Å². The lowest BCUT2D eigenvalue weighted by molar-refractivity contribution is -0.227. The predicted molar refractivity (Wildman–Crippen MR) is 86.3 cm³/mol. The van der Waals surface area contributed by atoms with Crippen LogP contribution in [0.5, 0.6) is 0 Å². The Balaban J connectivity index is 2.18. The Kier molecular flexibility index (Phi) is 5.73. The molecule has 2 saturated heterocycles. The van der Waals surface area contributed by atoms with Crippen LogP contribution in [0.4, 0.5) is 0 Å². The van der Waals surface area contributed by atoms with E-state index < -0.39 is 26.5 Å². The highest BCUT2D eigenvalue weighted by molar-refractivity contribution is 6.69. The first kappa shape index (κ1) is 18.7. The summed E-state index contributed by atoms with van der Waals surface area (Å²) in [5.41, 5.74) is 8.65. The fraction of sp³-hybridized carbons (Fsp3) is 1.00. The minimum atomic E-state index is -1.86. The van der Waals surface area contributed by atoms with Crippen molar-refractivity contribution in [2.24, 2.45) is 5.11 Å². The lowest BCUT2D eigenvalue weighted by Crippen LogP contribution is -2.48. The summed E-state index contributed by atoms with van der Waals surface area (Å²) in [6.07, 6.45) is -1.89. The van der Waals surface area contributed by atoms with Crippen molar-refractivity contribution in [1.82, 2.24) is 0 Å². The van der Waals surface area contributed by atoms with Gasteiger partial charge in [0, 0.05) is 11.5 Å². The van der Waals surface area contributed by atoms with Gasteiger partial charge in [0.1, 0.15) is 18.3 Å². The van der Waals surface area contributed by atoms with Crippen LogP contribution >= 0.6 is 0 Å². The number of fused-ring (bicyclic) bond motifs is 1. The maximum atomic E-state index is 8.65. The first-order chi connectivity index (χ1) is 10.7. The Morgan fingerprint density at radius 2 is 2.00 bits per heavy atom. The molecule has 5 atom stereocenters. The molecule has 132 valence electrons. The Morgan fingerprint density at radius 1 is 1.30 bits per heavy atom. The number of hydrogen-bond donors (Lipinski definition) is 0. The van der Waals surface area contributed by atoms with Gasteiger partial charge in [0.25, 0.3) is 0 Å². The molecule has 2 aliphatic rings. The molecule has 0 amide bonds.